The SMILES string of the molecule is CCOC(=O)C1C2COc3cc(OC)ccc3C2N2C(=O)CN(Cc3ccccc3)C(=O)[C@@]12C. The zero-order valence-electron chi connectivity index (χ0n) is 19.5. The summed E-state index contributed by atoms with van der Waals surface area (Å²) < 4.78 is 16.8. The highest BCUT2D eigenvalue weighted by molar-refractivity contribution is 6.02. The third-order valence-corrected chi connectivity index (χ3v) is 7.26. The highest BCUT2D eigenvalue weighted by Gasteiger charge is 2.69. The van der Waals surface area contributed by atoms with E-state index in [0.29, 0.717) is 18.0 Å². The monoisotopic (exact) mass is 464 g/mol. The number of rotatable bonds is 5. The molecule has 2 saturated heterocycles. The molecule has 2 aromatic carbocycles. The molecule has 34 heavy (non-hydrogen) atoms. The second-order valence-electron chi connectivity index (χ2n) is 9.11. The van der Waals surface area contributed by atoms with Gasteiger partial charge < -0.3 is 24.0 Å². The number of piperazine rings is 1. The van der Waals surface area contributed by atoms with Crippen LogP contribution in [-0.4, -0.2) is 60.0 Å². The van der Waals surface area contributed by atoms with Gasteiger partial charge in [0.15, 0.2) is 0 Å². The maximum absolute atomic E-state index is 14.0. The Bertz CT molecular complexity index is 1140. The third-order valence-electron chi connectivity index (χ3n) is 7.26. The average Bonchev–Trinajstić information content (AvgIpc) is 3.13. The molecule has 178 valence electrons. The number of carbonyl (C=O) groups excluding carboxylic acids is 3. The van der Waals surface area contributed by atoms with Gasteiger partial charge in [0.25, 0.3) is 0 Å². The van der Waals surface area contributed by atoms with Gasteiger partial charge in [-0.1, -0.05) is 30.3 Å². The van der Waals surface area contributed by atoms with Crippen LogP contribution in [0.25, 0.3) is 0 Å². The summed E-state index contributed by atoms with van der Waals surface area (Å²) in [4.78, 5) is 44.1. The quantitative estimate of drug-likeness (QED) is 0.633. The number of hydrogen-bond acceptors (Lipinski definition) is 6. The maximum Gasteiger partial charge on any atom is 0.312 e. The molecule has 3 aliphatic rings. The first-order chi connectivity index (χ1) is 16.4. The van der Waals surface area contributed by atoms with Gasteiger partial charge in [0.2, 0.25) is 11.8 Å². The number of hydrogen-bond donors (Lipinski definition) is 0. The van der Waals surface area contributed by atoms with Crippen molar-refractivity contribution in [2.75, 3.05) is 26.9 Å². The van der Waals surface area contributed by atoms with Crippen molar-refractivity contribution >= 4 is 17.8 Å². The van der Waals surface area contributed by atoms with Crippen LogP contribution in [0, 0.1) is 11.8 Å². The van der Waals surface area contributed by atoms with Crippen molar-refractivity contribution in [3.05, 3.63) is 59.7 Å². The summed E-state index contributed by atoms with van der Waals surface area (Å²) in [6, 6.07) is 14.5. The van der Waals surface area contributed by atoms with Gasteiger partial charge in [0, 0.05) is 24.1 Å². The lowest BCUT2D eigenvalue weighted by atomic mass is 9.77. The third kappa shape index (κ3) is 3.23. The molecule has 2 aromatic rings. The lowest BCUT2D eigenvalue weighted by Crippen LogP contribution is -2.67. The van der Waals surface area contributed by atoms with Crippen LogP contribution in [0.15, 0.2) is 48.5 Å². The summed E-state index contributed by atoms with van der Waals surface area (Å²) in [6.07, 6.45) is 0. The Morgan fingerprint density at radius 1 is 1.18 bits per heavy atom. The smallest absolute Gasteiger partial charge is 0.312 e. The Morgan fingerprint density at radius 2 is 1.94 bits per heavy atom. The number of amides is 2. The summed E-state index contributed by atoms with van der Waals surface area (Å²) >= 11 is 0. The van der Waals surface area contributed by atoms with E-state index in [1.165, 1.54) is 0 Å². The van der Waals surface area contributed by atoms with E-state index in [1.807, 2.05) is 36.4 Å². The number of benzene rings is 2. The number of nitrogens with zero attached hydrogens (tertiary/aromatic N) is 2. The molecule has 0 radical (unpaired) electrons. The Balaban J connectivity index is 1.59. The summed E-state index contributed by atoms with van der Waals surface area (Å²) in [5, 5.41) is 0. The highest BCUT2D eigenvalue weighted by atomic mass is 16.5. The van der Waals surface area contributed by atoms with Crippen molar-refractivity contribution in [1.82, 2.24) is 9.80 Å². The lowest BCUT2D eigenvalue weighted by Gasteiger charge is -2.47. The fourth-order valence-corrected chi connectivity index (χ4v) is 5.83. The molecule has 8 nitrogen and oxygen atoms in total. The summed E-state index contributed by atoms with van der Waals surface area (Å²) in [7, 11) is 1.57. The van der Waals surface area contributed by atoms with Crippen LogP contribution in [0.2, 0.25) is 0 Å². The Hall–Kier alpha value is -3.55. The van der Waals surface area contributed by atoms with E-state index in [2.05, 4.69) is 0 Å². The molecule has 0 spiro atoms. The number of ether oxygens (including phenoxy) is 3. The average molecular weight is 465 g/mol. The van der Waals surface area contributed by atoms with Crippen molar-refractivity contribution in [2.45, 2.75) is 32.0 Å². The largest absolute Gasteiger partial charge is 0.497 e. The van der Waals surface area contributed by atoms with Gasteiger partial charge in [-0.25, -0.2) is 0 Å². The van der Waals surface area contributed by atoms with Gasteiger partial charge in [0.1, 0.15) is 23.6 Å². The Labute approximate surface area is 198 Å². The molecule has 0 N–H and O–H groups in total. The first-order valence-corrected chi connectivity index (χ1v) is 11.5. The van der Waals surface area contributed by atoms with E-state index in [9.17, 15) is 14.4 Å². The van der Waals surface area contributed by atoms with Crippen LogP contribution >= 0.6 is 0 Å². The predicted molar refractivity (Wildman–Crippen MR) is 122 cm³/mol. The second-order valence-corrected chi connectivity index (χ2v) is 9.11. The lowest BCUT2D eigenvalue weighted by molar-refractivity contribution is -0.170. The summed E-state index contributed by atoms with van der Waals surface area (Å²) in [6.45, 7) is 4.07. The first-order valence-electron chi connectivity index (χ1n) is 11.5. The standard InChI is InChI=1S/C26H28N2O6/c1-4-33-24(30)22-19-15-34-20-12-17(32-3)10-11-18(20)23(19)28-21(29)14-27(25(31)26(22,28)2)13-16-8-6-5-7-9-16/h5-12,19,22-23H,4,13-15H2,1-3H3/t19?,22?,23?,26-/m1/s1. The summed E-state index contributed by atoms with van der Waals surface area (Å²) in [5.41, 5.74) is 0.314. The number of methoxy groups -OCH3 is 1. The first kappa shape index (κ1) is 22.3. The molecule has 4 atom stereocenters. The van der Waals surface area contributed by atoms with E-state index in [-0.39, 0.29) is 31.6 Å². The van der Waals surface area contributed by atoms with Crippen LogP contribution in [-0.2, 0) is 25.7 Å². The van der Waals surface area contributed by atoms with Gasteiger partial charge in [-0.05, 0) is 31.5 Å². The van der Waals surface area contributed by atoms with Crippen LogP contribution in [0.1, 0.15) is 31.0 Å². The van der Waals surface area contributed by atoms with Crippen LogP contribution in [0.3, 0.4) is 0 Å². The molecule has 3 aliphatic heterocycles. The van der Waals surface area contributed by atoms with Crippen LogP contribution < -0.4 is 9.47 Å². The van der Waals surface area contributed by atoms with Crippen molar-refractivity contribution in [3.63, 3.8) is 0 Å². The molecule has 8 heteroatoms. The molecule has 2 fully saturated rings. The van der Waals surface area contributed by atoms with E-state index in [0.717, 1.165) is 11.1 Å². The van der Waals surface area contributed by atoms with Crippen molar-refractivity contribution < 1.29 is 28.6 Å². The van der Waals surface area contributed by atoms with Gasteiger partial charge in [-0.2, -0.15) is 0 Å². The highest BCUT2D eigenvalue weighted by Crippen LogP contribution is 2.57. The molecule has 5 rings (SSSR count). The zero-order chi connectivity index (χ0) is 24.0. The Morgan fingerprint density at radius 3 is 2.65 bits per heavy atom. The van der Waals surface area contributed by atoms with Crippen LogP contribution in [0.5, 0.6) is 11.5 Å². The zero-order valence-corrected chi connectivity index (χ0v) is 19.5. The molecule has 2 amide bonds. The molecular weight excluding hydrogens is 436 g/mol. The Kier molecular flexibility index (Phi) is 5.46. The second kappa shape index (κ2) is 8.34. The molecule has 3 heterocycles. The van der Waals surface area contributed by atoms with E-state index in [1.54, 1.807) is 42.9 Å². The van der Waals surface area contributed by atoms with E-state index in [4.69, 9.17) is 14.2 Å². The molecule has 0 saturated carbocycles. The van der Waals surface area contributed by atoms with Crippen molar-refractivity contribution in [1.29, 1.82) is 0 Å². The molecular formula is C26H28N2O6. The summed E-state index contributed by atoms with van der Waals surface area (Å²) in [5.74, 6) is -0.945. The molecule has 0 aliphatic carbocycles. The van der Waals surface area contributed by atoms with Crippen molar-refractivity contribution in [2.24, 2.45) is 11.8 Å². The van der Waals surface area contributed by atoms with Crippen LogP contribution in [0.4, 0.5) is 0 Å². The maximum atomic E-state index is 14.0. The van der Waals surface area contributed by atoms with Crippen molar-refractivity contribution in [3.8, 4) is 11.5 Å². The van der Waals surface area contributed by atoms with Gasteiger partial charge in [-0.3, -0.25) is 14.4 Å². The molecule has 0 bridgehead atoms. The normalized spacial score (nSPS) is 27.4. The number of carbonyl (C=O) groups is 3. The van der Waals surface area contributed by atoms with Gasteiger partial charge >= 0.3 is 5.97 Å². The number of esters is 1. The topological polar surface area (TPSA) is 85.4 Å². The predicted octanol–water partition coefficient (Wildman–Crippen LogP) is 2.57. The fraction of sp³-hybridized carbons (Fsp3) is 0.423. The minimum atomic E-state index is -1.38. The fourth-order valence-electron chi connectivity index (χ4n) is 5.83. The number of fused-ring (bicyclic) bond motifs is 5. The molecule has 3 unspecified atom stereocenters. The molecule has 0 aromatic heterocycles. The minimum Gasteiger partial charge on any atom is -0.497 e. The van der Waals surface area contributed by atoms with E-state index < -0.39 is 29.4 Å². The van der Waals surface area contributed by atoms with E-state index >= 15 is 0 Å². The minimum absolute atomic E-state index is 0.0472. The van der Waals surface area contributed by atoms with Gasteiger partial charge in [0.05, 0.1) is 32.3 Å². The van der Waals surface area contributed by atoms with Gasteiger partial charge in [-0.15, -0.1) is 0 Å².